The second kappa shape index (κ2) is 9.71. The van der Waals surface area contributed by atoms with Gasteiger partial charge in [0.15, 0.2) is 0 Å². The Labute approximate surface area is 102 Å². The van der Waals surface area contributed by atoms with E-state index >= 15 is 0 Å². The van der Waals surface area contributed by atoms with E-state index in [-0.39, 0.29) is 0 Å². The third-order valence-electron chi connectivity index (χ3n) is 3.02. The Morgan fingerprint density at radius 2 is 1.75 bits per heavy atom. The van der Waals surface area contributed by atoms with Crippen LogP contribution in [0.1, 0.15) is 47.0 Å². The predicted octanol–water partition coefficient (Wildman–Crippen LogP) is 3.16. The maximum Gasteiger partial charge on any atom is 0.0144 e. The molecule has 0 aliphatic carbocycles. The average Bonchev–Trinajstić information content (AvgIpc) is 2.26. The van der Waals surface area contributed by atoms with Gasteiger partial charge in [-0.15, -0.1) is 0 Å². The molecule has 0 saturated heterocycles. The van der Waals surface area contributed by atoms with Gasteiger partial charge < -0.3 is 10.6 Å². The Kier molecular flexibility index (Phi) is 9.40. The van der Waals surface area contributed by atoms with Crippen LogP contribution >= 0.6 is 0 Å². The van der Waals surface area contributed by atoms with E-state index in [2.05, 4.69) is 44.9 Å². The minimum Gasteiger partial charge on any atom is -0.389 e. The highest BCUT2D eigenvalue weighted by molar-refractivity contribution is 4.93. The van der Waals surface area contributed by atoms with Gasteiger partial charge in [0.1, 0.15) is 0 Å². The van der Waals surface area contributed by atoms with Crippen molar-refractivity contribution in [1.29, 1.82) is 0 Å². The van der Waals surface area contributed by atoms with Crippen molar-refractivity contribution in [3.8, 4) is 0 Å². The van der Waals surface area contributed by atoms with Crippen LogP contribution < -0.4 is 10.6 Å². The van der Waals surface area contributed by atoms with E-state index in [9.17, 15) is 0 Å². The number of unbranched alkanes of at least 4 members (excludes halogenated alkanes) is 1. The first-order chi connectivity index (χ1) is 7.57. The Morgan fingerprint density at radius 1 is 1.12 bits per heavy atom. The molecule has 0 amide bonds. The summed E-state index contributed by atoms with van der Waals surface area (Å²) in [5.41, 5.74) is 1.16. The van der Waals surface area contributed by atoms with Crippen molar-refractivity contribution in [1.82, 2.24) is 10.6 Å². The standard InChI is InChI=1S/C14H30N2/c1-6-13(4)11-15-9-7-8-10-16-14(5)12(2)3/h12-13,15-16H,5-11H2,1-4H3. The lowest BCUT2D eigenvalue weighted by molar-refractivity contribution is 0.489. The molecule has 0 heterocycles. The quantitative estimate of drug-likeness (QED) is 0.559. The number of hydrogen-bond acceptors (Lipinski definition) is 2. The summed E-state index contributed by atoms with van der Waals surface area (Å²) >= 11 is 0. The summed E-state index contributed by atoms with van der Waals surface area (Å²) in [6, 6.07) is 0. The molecule has 2 heteroatoms. The number of rotatable bonds is 10. The van der Waals surface area contributed by atoms with E-state index in [4.69, 9.17) is 0 Å². The van der Waals surface area contributed by atoms with Crippen molar-refractivity contribution in [2.24, 2.45) is 11.8 Å². The van der Waals surface area contributed by atoms with Gasteiger partial charge in [0.05, 0.1) is 0 Å². The maximum atomic E-state index is 4.00. The molecular weight excluding hydrogens is 196 g/mol. The van der Waals surface area contributed by atoms with Crippen LogP contribution in [0.3, 0.4) is 0 Å². The molecule has 0 radical (unpaired) electrons. The van der Waals surface area contributed by atoms with Gasteiger partial charge in [-0.2, -0.15) is 0 Å². The summed E-state index contributed by atoms with van der Waals surface area (Å²) in [5.74, 6) is 1.35. The summed E-state index contributed by atoms with van der Waals surface area (Å²) in [6.45, 7) is 16.2. The Balaban J connectivity index is 3.19. The molecule has 0 aromatic rings. The van der Waals surface area contributed by atoms with Crippen molar-refractivity contribution < 1.29 is 0 Å². The van der Waals surface area contributed by atoms with Crippen LogP contribution in [0.15, 0.2) is 12.3 Å². The Morgan fingerprint density at radius 3 is 2.31 bits per heavy atom. The fraction of sp³-hybridized carbons (Fsp3) is 0.857. The number of nitrogens with one attached hydrogen (secondary N) is 2. The van der Waals surface area contributed by atoms with E-state index in [0.29, 0.717) is 5.92 Å². The van der Waals surface area contributed by atoms with Crippen molar-refractivity contribution in [2.75, 3.05) is 19.6 Å². The molecular formula is C14H30N2. The average molecular weight is 226 g/mol. The molecule has 2 nitrogen and oxygen atoms in total. The SMILES string of the molecule is C=C(NCCCCNCC(C)CC)C(C)C. The zero-order chi connectivity index (χ0) is 12.4. The number of hydrogen-bond donors (Lipinski definition) is 2. The van der Waals surface area contributed by atoms with Gasteiger partial charge in [-0.05, 0) is 37.8 Å². The highest BCUT2D eigenvalue weighted by Crippen LogP contribution is 2.02. The fourth-order valence-electron chi connectivity index (χ4n) is 1.32. The lowest BCUT2D eigenvalue weighted by Crippen LogP contribution is -2.23. The largest absolute Gasteiger partial charge is 0.389 e. The van der Waals surface area contributed by atoms with Crippen molar-refractivity contribution in [2.45, 2.75) is 47.0 Å². The normalized spacial score (nSPS) is 12.8. The van der Waals surface area contributed by atoms with Gasteiger partial charge >= 0.3 is 0 Å². The van der Waals surface area contributed by atoms with Gasteiger partial charge in [0.25, 0.3) is 0 Å². The second-order valence-corrected chi connectivity index (χ2v) is 5.03. The van der Waals surface area contributed by atoms with Gasteiger partial charge in [0.2, 0.25) is 0 Å². The molecule has 2 N–H and O–H groups in total. The van der Waals surface area contributed by atoms with E-state index in [1.54, 1.807) is 0 Å². The minimum absolute atomic E-state index is 0.545. The van der Waals surface area contributed by atoms with Gasteiger partial charge in [-0.3, -0.25) is 0 Å². The van der Waals surface area contributed by atoms with Crippen LogP contribution in [0.4, 0.5) is 0 Å². The summed E-state index contributed by atoms with van der Waals surface area (Å²) in [6.07, 6.45) is 3.73. The first kappa shape index (κ1) is 15.5. The van der Waals surface area contributed by atoms with Gasteiger partial charge in [0, 0.05) is 12.2 Å². The highest BCUT2D eigenvalue weighted by Gasteiger charge is 1.99. The maximum absolute atomic E-state index is 4.00. The zero-order valence-electron chi connectivity index (χ0n) is 11.6. The molecule has 0 aliphatic heterocycles. The molecule has 0 spiro atoms. The minimum atomic E-state index is 0.545. The van der Waals surface area contributed by atoms with Crippen molar-refractivity contribution >= 4 is 0 Å². The second-order valence-electron chi connectivity index (χ2n) is 5.03. The third kappa shape index (κ3) is 8.78. The predicted molar refractivity (Wildman–Crippen MR) is 73.5 cm³/mol. The van der Waals surface area contributed by atoms with E-state index in [1.165, 1.54) is 19.3 Å². The fourth-order valence-corrected chi connectivity index (χ4v) is 1.32. The van der Waals surface area contributed by atoms with Crippen LogP contribution in [-0.2, 0) is 0 Å². The molecule has 96 valence electrons. The zero-order valence-corrected chi connectivity index (χ0v) is 11.6. The molecule has 16 heavy (non-hydrogen) atoms. The Hall–Kier alpha value is -0.500. The molecule has 0 aliphatic rings. The summed E-state index contributed by atoms with van der Waals surface area (Å²) in [4.78, 5) is 0. The van der Waals surface area contributed by atoms with Gasteiger partial charge in [-0.1, -0.05) is 40.7 Å². The number of allylic oxidation sites excluding steroid dienone is 1. The smallest absolute Gasteiger partial charge is 0.0144 e. The monoisotopic (exact) mass is 226 g/mol. The van der Waals surface area contributed by atoms with E-state index < -0.39 is 0 Å². The first-order valence-corrected chi connectivity index (χ1v) is 6.71. The molecule has 1 atom stereocenters. The molecule has 0 aromatic carbocycles. The van der Waals surface area contributed by atoms with Crippen LogP contribution in [0.5, 0.6) is 0 Å². The Bertz CT molecular complexity index is 176. The molecule has 0 bridgehead atoms. The summed E-state index contributed by atoms with van der Waals surface area (Å²) < 4.78 is 0. The van der Waals surface area contributed by atoms with Crippen LogP contribution in [0.25, 0.3) is 0 Å². The molecule has 0 rings (SSSR count). The van der Waals surface area contributed by atoms with Crippen LogP contribution in [0.2, 0.25) is 0 Å². The van der Waals surface area contributed by atoms with Crippen molar-refractivity contribution in [3.05, 3.63) is 12.3 Å². The van der Waals surface area contributed by atoms with Crippen LogP contribution in [0, 0.1) is 11.8 Å². The molecule has 0 fully saturated rings. The van der Waals surface area contributed by atoms with Crippen molar-refractivity contribution in [3.63, 3.8) is 0 Å². The first-order valence-electron chi connectivity index (χ1n) is 6.71. The summed E-state index contributed by atoms with van der Waals surface area (Å²) in [7, 11) is 0. The van der Waals surface area contributed by atoms with Gasteiger partial charge in [-0.25, -0.2) is 0 Å². The van der Waals surface area contributed by atoms with E-state index in [0.717, 1.165) is 31.2 Å². The third-order valence-corrected chi connectivity index (χ3v) is 3.02. The lowest BCUT2D eigenvalue weighted by Gasteiger charge is -2.13. The lowest BCUT2D eigenvalue weighted by atomic mass is 10.1. The summed E-state index contributed by atoms with van der Waals surface area (Å²) in [5, 5.41) is 6.87. The van der Waals surface area contributed by atoms with Crippen LogP contribution in [-0.4, -0.2) is 19.6 Å². The highest BCUT2D eigenvalue weighted by atomic mass is 14.9. The molecule has 0 saturated carbocycles. The molecule has 0 aromatic heterocycles. The topological polar surface area (TPSA) is 24.1 Å². The van der Waals surface area contributed by atoms with E-state index in [1.807, 2.05) is 0 Å². The molecule has 1 unspecified atom stereocenters.